The third-order valence-corrected chi connectivity index (χ3v) is 4.51. The summed E-state index contributed by atoms with van der Waals surface area (Å²) < 4.78 is 45.2. The van der Waals surface area contributed by atoms with Crippen molar-refractivity contribution < 1.29 is 27.9 Å². The Labute approximate surface area is 142 Å². The summed E-state index contributed by atoms with van der Waals surface area (Å²) in [5.41, 5.74) is -1.88. The Kier molecular flexibility index (Phi) is 5.01. The summed E-state index contributed by atoms with van der Waals surface area (Å²) in [6, 6.07) is 2.31. The van der Waals surface area contributed by atoms with Crippen molar-refractivity contribution in [2.24, 2.45) is 0 Å². The van der Waals surface area contributed by atoms with Crippen molar-refractivity contribution in [3.05, 3.63) is 23.8 Å². The first-order chi connectivity index (χ1) is 10.8. The molecule has 0 bridgehead atoms. The lowest BCUT2D eigenvalue weighted by Gasteiger charge is -2.32. The lowest BCUT2D eigenvalue weighted by molar-refractivity contribution is 0.00578. The molecule has 4 nitrogen and oxygen atoms in total. The van der Waals surface area contributed by atoms with E-state index in [9.17, 15) is 13.9 Å². The Morgan fingerprint density at radius 3 is 1.96 bits per heavy atom. The van der Waals surface area contributed by atoms with Gasteiger partial charge in [-0.3, -0.25) is 0 Å². The molecule has 1 aromatic carbocycles. The highest BCUT2D eigenvalue weighted by molar-refractivity contribution is 6.62. The Bertz CT molecular complexity index is 572. The highest BCUT2D eigenvalue weighted by atomic mass is 19.1. The van der Waals surface area contributed by atoms with Gasteiger partial charge in [-0.25, -0.2) is 8.78 Å². The summed E-state index contributed by atoms with van der Waals surface area (Å²) in [6.45, 7) is 10.7. The molecule has 0 radical (unpaired) electrons. The first-order valence-electron chi connectivity index (χ1n) is 8.02. The lowest BCUT2D eigenvalue weighted by atomic mass is 9.79. The van der Waals surface area contributed by atoms with E-state index in [2.05, 4.69) is 0 Å². The molecule has 7 heteroatoms. The van der Waals surface area contributed by atoms with Crippen LogP contribution in [0.3, 0.4) is 0 Å². The molecule has 2 rings (SSSR count). The zero-order valence-corrected chi connectivity index (χ0v) is 15.1. The predicted octanol–water partition coefficient (Wildman–Crippen LogP) is 2.80. The third-order valence-electron chi connectivity index (χ3n) is 4.51. The van der Waals surface area contributed by atoms with Crippen molar-refractivity contribution in [3.63, 3.8) is 0 Å². The molecule has 0 saturated carbocycles. The maximum Gasteiger partial charge on any atom is 0.495 e. The van der Waals surface area contributed by atoms with Gasteiger partial charge in [-0.2, -0.15) is 0 Å². The molecule has 0 unspecified atom stereocenters. The molecule has 1 aliphatic heterocycles. The molecule has 1 heterocycles. The smallest absolute Gasteiger partial charge is 0.487 e. The van der Waals surface area contributed by atoms with Gasteiger partial charge in [0.1, 0.15) is 0 Å². The van der Waals surface area contributed by atoms with E-state index in [1.54, 1.807) is 13.8 Å². The lowest BCUT2D eigenvalue weighted by Crippen LogP contribution is -2.41. The van der Waals surface area contributed by atoms with Gasteiger partial charge in [0.2, 0.25) is 0 Å². The van der Waals surface area contributed by atoms with Crippen LogP contribution in [0.15, 0.2) is 12.1 Å². The minimum absolute atomic E-state index is 0.00712. The quantitative estimate of drug-likeness (QED) is 0.836. The molecule has 0 aromatic heterocycles. The van der Waals surface area contributed by atoms with Gasteiger partial charge >= 0.3 is 7.12 Å². The highest BCUT2D eigenvalue weighted by Gasteiger charge is 2.52. The van der Waals surface area contributed by atoms with E-state index in [0.29, 0.717) is 0 Å². The van der Waals surface area contributed by atoms with Crippen LogP contribution < -0.4 is 10.2 Å². The maximum absolute atomic E-state index is 14.2. The van der Waals surface area contributed by atoms with E-state index in [-0.39, 0.29) is 18.5 Å². The Morgan fingerprint density at radius 1 is 1.08 bits per heavy atom. The number of aliphatic hydroxyl groups is 1. The summed E-state index contributed by atoms with van der Waals surface area (Å²) >= 11 is 0. The average molecular weight is 342 g/mol. The highest BCUT2D eigenvalue weighted by Crippen LogP contribution is 2.36. The fraction of sp³-hybridized carbons (Fsp3) is 0.647. The van der Waals surface area contributed by atoms with Crippen LogP contribution in [-0.2, 0) is 9.31 Å². The zero-order chi connectivity index (χ0) is 18.3. The maximum atomic E-state index is 14.2. The molecule has 24 heavy (non-hydrogen) atoms. The van der Waals surface area contributed by atoms with E-state index >= 15 is 0 Å². The summed E-state index contributed by atoms with van der Waals surface area (Å²) in [5, 5.41) is 9.62. The van der Waals surface area contributed by atoms with E-state index in [0.717, 1.165) is 12.1 Å². The van der Waals surface area contributed by atoms with Gasteiger partial charge in [0, 0.05) is 6.42 Å². The van der Waals surface area contributed by atoms with Crippen molar-refractivity contribution in [2.45, 2.75) is 64.8 Å². The van der Waals surface area contributed by atoms with Crippen molar-refractivity contribution in [3.8, 4) is 5.75 Å². The third kappa shape index (κ3) is 4.07. The molecular weight excluding hydrogens is 317 g/mol. The Morgan fingerprint density at radius 2 is 1.54 bits per heavy atom. The second-order valence-corrected chi connectivity index (χ2v) is 7.81. The van der Waals surface area contributed by atoms with Crippen LogP contribution in [0.25, 0.3) is 0 Å². The Balaban J connectivity index is 2.16. The fourth-order valence-corrected chi connectivity index (χ4v) is 2.24. The fourth-order valence-electron chi connectivity index (χ4n) is 2.24. The van der Waals surface area contributed by atoms with Gasteiger partial charge in [-0.15, -0.1) is 0 Å². The predicted molar refractivity (Wildman–Crippen MR) is 88.5 cm³/mol. The summed E-state index contributed by atoms with van der Waals surface area (Å²) in [7, 11) is -0.843. The number of hydrogen-bond donors (Lipinski definition) is 1. The van der Waals surface area contributed by atoms with Crippen LogP contribution in [0.4, 0.5) is 8.78 Å². The normalized spacial score (nSPS) is 19.6. The van der Waals surface area contributed by atoms with Crippen LogP contribution >= 0.6 is 0 Å². The molecule has 1 aliphatic rings. The van der Waals surface area contributed by atoms with Crippen molar-refractivity contribution in [1.82, 2.24) is 0 Å². The van der Waals surface area contributed by atoms with E-state index in [1.807, 2.05) is 27.7 Å². The largest absolute Gasteiger partial charge is 0.495 e. The summed E-state index contributed by atoms with van der Waals surface area (Å²) in [5.74, 6) is -2.11. The van der Waals surface area contributed by atoms with Crippen LogP contribution in [0.5, 0.6) is 5.75 Å². The molecule has 0 spiro atoms. The topological polar surface area (TPSA) is 47.9 Å². The van der Waals surface area contributed by atoms with Gasteiger partial charge in [0.25, 0.3) is 0 Å². The molecule has 1 fully saturated rings. The molecule has 134 valence electrons. The Hall–Kier alpha value is -1.18. The molecule has 0 aliphatic carbocycles. The second kappa shape index (κ2) is 6.28. The van der Waals surface area contributed by atoms with Crippen LogP contribution in [0.1, 0.15) is 48.0 Å². The monoisotopic (exact) mass is 342 g/mol. The second-order valence-electron chi connectivity index (χ2n) is 7.81. The van der Waals surface area contributed by atoms with Gasteiger partial charge in [0.15, 0.2) is 17.4 Å². The van der Waals surface area contributed by atoms with Crippen molar-refractivity contribution >= 4 is 12.6 Å². The van der Waals surface area contributed by atoms with Crippen LogP contribution in [0.2, 0.25) is 0 Å². The van der Waals surface area contributed by atoms with Gasteiger partial charge in [-0.05, 0) is 59.1 Å². The van der Waals surface area contributed by atoms with Gasteiger partial charge in [-0.1, -0.05) is 0 Å². The number of rotatable bonds is 5. The van der Waals surface area contributed by atoms with Crippen LogP contribution in [-0.4, -0.2) is 35.6 Å². The zero-order valence-electron chi connectivity index (χ0n) is 15.1. The number of benzene rings is 1. The molecule has 0 amide bonds. The molecule has 1 N–H and O–H groups in total. The van der Waals surface area contributed by atoms with Crippen molar-refractivity contribution in [1.29, 1.82) is 0 Å². The molecule has 1 saturated heterocycles. The number of halogens is 2. The summed E-state index contributed by atoms with van der Waals surface area (Å²) in [6.07, 6.45) is 0.255. The van der Waals surface area contributed by atoms with E-state index < -0.39 is 41.3 Å². The average Bonchev–Trinajstić information content (AvgIpc) is 2.60. The number of hydrogen-bond acceptors (Lipinski definition) is 4. The van der Waals surface area contributed by atoms with Crippen molar-refractivity contribution in [2.75, 3.05) is 6.61 Å². The molecule has 1 aromatic rings. The van der Waals surface area contributed by atoms with Gasteiger partial charge < -0.3 is 19.2 Å². The minimum Gasteiger partial charge on any atom is -0.487 e. The first-order valence-corrected chi connectivity index (χ1v) is 8.02. The summed E-state index contributed by atoms with van der Waals surface area (Å²) in [4.78, 5) is 0. The van der Waals surface area contributed by atoms with Crippen LogP contribution in [0, 0.1) is 11.6 Å². The number of ether oxygens (including phenoxy) is 1. The SMILES string of the molecule is CC(C)(O)CCOc1c(F)cc(B2OC(C)(C)C(C)(C)O2)cc1F. The first kappa shape index (κ1) is 19.2. The van der Waals surface area contributed by atoms with E-state index in [4.69, 9.17) is 14.0 Å². The standard InChI is InChI=1S/C17H25BF2O4/c1-15(2,21)7-8-22-14-12(19)9-11(10-13(14)20)18-23-16(3,4)17(5,6)24-18/h9-10,21H,7-8H2,1-6H3. The molecule has 0 atom stereocenters. The molecular formula is C17H25BF2O4. The van der Waals surface area contributed by atoms with Gasteiger partial charge in [0.05, 0.1) is 23.4 Å². The minimum atomic E-state index is -0.963. The van der Waals surface area contributed by atoms with E-state index in [1.165, 1.54) is 0 Å².